The topological polar surface area (TPSA) is 73.6 Å². The molecule has 1 amide bonds. The second-order valence-electron chi connectivity index (χ2n) is 4.54. The first kappa shape index (κ1) is 20.1. The van der Waals surface area contributed by atoms with E-state index >= 15 is 0 Å². The van der Waals surface area contributed by atoms with Crippen molar-refractivity contribution in [2.24, 2.45) is 5.73 Å². The van der Waals surface area contributed by atoms with Crippen LogP contribution in [0.25, 0.3) is 0 Å². The number of ether oxygens (including phenoxy) is 2. The number of carbonyl (C=O) groups is 1. The van der Waals surface area contributed by atoms with Crippen LogP contribution in [0, 0.1) is 6.92 Å². The fraction of sp³-hybridized carbons (Fsp3) is 0.267. The second-order valence-corrected chi connectivity index (χ2v) is 5.80. The first-order chi connectivity index (χ1) is 11.0. The Morgan fingerprint density at radius 1 is 1.33 bits per heavy atom. The van der Waals surface area contributed by atoms with Crippen LogP contribution < -0.4 is 20.5 Å². The van der Waals surface area contributed by atoms with Crippen molar-refractivity contribution in [1.82, 2.24) is 0 Å². The lowest BCUT2D eigenvalue weighted by Crippen LogP contribution is -2.13. The van der Waals surface area contributed by atoms with Crippen LogP contribution in [0.3, 0.4) is 0 Å². The maximum absolute atomic E-state index is 12.4. The van der Waals surface area contributed by atoms with E-state index < -0.39 is 12.5 Å². The number of benzene rings is 1. The number of nitrogens with two attached hydrogens (primary N) is 1. The summed E-state index contributed by atoms with van der Waals surface area (Å²) in [5, 5.41) is 2.63. The molecule has 24 heavy (non-hydrogen) atoms. The number of amides is 1. The summed E-state index contributed by atoms with van der Waals surface area (Å²) in [4.78, 5) is 13.0. The summed E-state index contributed by atoms with van der Waals surface area (Å²) in [7, 11) is 0. The van der Waals surface area contributed by atoms with E-state index in [1.165, 1.54) is 6.07 Å². The van der Waals surface area contributed by atoms with E-state index in [0.29, 0.717) is 29.5 Å². The Balaban J connectivity index is 0.00000288. The van der Waals surface area contributed by atoms with Gasteiger partial charge < -0.3 is 20.5 Å². The molecule has 2 aromatic rings. The predicted octanol–water partition coefficient (Wildman–Crippen LogP) is 3.67. The van der Waals surface area contributed by atoms with Gasteiger partial charge in [0.2, 0.25) is 0 Å². The van der Waals surface area contributed by atoms with Gasteiger partial charge in [-0.3, -0.25) is 4.79 Å². The minimum absolute atomic E-state index is 0. The van der Waals surface area contributed by atoms with Gasteiger partial charge in [0.15, 0.2) is 0 Å². The second kappa shape index (κ2) is 9.41. The number of anilines is 1. The number of hydrogen-bond acceptors (Lipinski definition) is 5. The third kappa shape index (κ3) is 5.63. The fourth-order valence-electron chi connectivity index (χ4n) is 1.83. The minimum Gasteiger partial charge on any atom is -0.492 e. The zero-order valence-corrected chi connectivity index (χ0v) is 14.4. The Hall–Kier alpha value is -1.90. The molecule has 0 fully saturated rings. The molecule has 132 valence electrons. The molecule has 0 aliphatic rings. The molecule has 2 rings (SSSR count). The third-order valence-corrected chi connectivity index (χ3v) is 3.77. The molecular formula is C15H17ClF2N2O3S. The number of carbonyl (C=O) groups excluding carboxylic acids is 1. The monoisotopic (exact) mass is 378 g/mol. The highest BCUT2D eigenvalue weighted by atomic mass is 35.5. The summed E-state index contributed by atoms with van der Waals surface area (Å²) >= 11 is 1.09. The first-order valence-corrected chi connectivity index (χ1v) is 7.60. The van der Waals surface area contributed by atoms with Crippen molar-refractivity contribution >= 4 is 35.3 Å². The van der Waals surface area contributed by atoms with E-state index in [1.807, 2.05) is 0 Å². The maximum Gasteiger partial charge on any atom is 0.387 e. The van der Waals surface area contributed by atoms with Crippen LogP contribution in [0.1, 0.15) is 14.5 Å². The number of alkyl halides is 2. The summed E-state index contributed by atoms with van der Waals surface area (Å²) in [5.74, 6) is -0.000541. The van der Waals surface area contributed by atoms with E-state index in [9.17, 15) is 13.6 Å². The van der Waals surface area contributed by atoms with Gasteiger partial charge in [0.25, 0.3) is 5.91 Å². The molecule has 0 saturated carbocycles. The molecule has 0 aliphatic heterocycles. The molecule has 3 N–H and O–H groups in total. The molecule has 0 bridgehead atoms. The number of rotatable bonds is 7. The van der Waals surface area contributed by atoms with Crippen LogP contribution in [0.4, 0.5) is 14.5 Å². The third-order valence-electron chi connectivity index (χ3n) is 2.74. The van der Waals surface area contributed by atoms with Crippen molar-refractivity contribution in [3.8, 4) is 11.5 Å². The van der Waals surface area contributed by atoms with E-state index in [4.69, 9.17) is 10.5 Å². The van der Waals surface area contributed by atoms with Gasteiger partial charge in [-0.25, -0.2) is 0 Å². The average molecular weight is 379 g/mol. The molecule has 0 unspecified atom stereocenters. The van der Waals surface area contributed by atoms with Crippen molar-refractivity contribution in [3.63, 3.8) is 0 Å². The highest BCUT2D eigenvalue weighted by Gasteiger charge is 2.19. The molecule has 5 nitrogen and oxygen atoms in total. The summed E-state index contributed by atoms with van der Waals surface area (Å²) in [6, 6.07) is 8.08. The predicted molar refractivity (Wildman–Crippen MR) is 91.9 cm³/mol. The van der Waals surface area contributed by atoms with Gasteiger partial charge >= 0.3 is 6.61 Å². The Morgan fingerprint density at radius 2 is 2.00 bits per heavy atom. The number of halogens is 3. The highest BCUT2D eigenvalue weighted by molar-refractivity contribution is 7.14. The molecule has 0 spiro atoms. The van der Waals surface area contributed by atoms with Gasteiger partial charge in [0.1, 0.15) is 23.0 Å². The van der Waals surface area contributed by atoms with Crippen molar-refractivity contribution in [2.75, 3.05) is 18.5 Å². The van der Waals surface area contributed by atoms with Crippen molar-refractivity contribution in [2.45, 2.75) is 13.5 Å². The summed E-state index contributed by atoms with van der Waals surface area (Å²) < 4.78 is 34.4. The average Bonchev–Trinajstić information content (AvgIpc) is 2.86. The van der Waals surface area contributed by atoms with Gasteiger partial charge in [-0.1, -0.05) is 0 Å². The van der Waals surface area contributed by atoms with Gasteiger partial charge in [0, 0.05) is 17.1 Å². The summed E-state index contributed by atoms with van der Waals surface area (Å²) in [5.41, 5.74) is 5.86. The maximum atomic E-state index is 12.4. The van der Waals surface area contributed by atoms with Crippen LogP contribution >= 0.6 is 23.7 Å². The molecule has 9 heteroatoms. The normalized spacial score (nSPS) is 10.2. The fourth-order valence-corrected chi connectivity index (χ4v) is 2.67. The van der Waals surface area contributed by atoms with Crippen LogP contribution in [0.15, 0.2) is 30.3 Å². The van der Waals surface area contributed by atoms with Gasteiger partial charge in [-0.05, 0) is 37.3 Å². The van der Waals surface area contributed by atoms with Crippen molar-refractivity contribution < 1.29 is 23.0 Å². The van der Waals surface area contributed by atoms with Crippen LogP contribution in [-0.4, -0.2) is 25.7 Å². The molecule has 0 aliphatic carbocycles. The lowest BCUT2D eigenvalue weighted by molar-refractivity contribution is -0.0498. The first-order valence-electron chi connectivity index (χ1n) is 6.79. The van der Waals surface area contributed by atoms with E-state index in [1.54, 1.807) is 31.2 Å². The number of aryl methyl sites for hydroxylation is 1. The van der Waals surface area contributed by atoms with Crippen molar-refractivity contribution in [1.29, 1.82) is 0 Å². The standard InChI is InChI=1S/C15H16F2N2O3S.ClH/c1-9-8-12(22-15(16)17)13(23-9)14(20)19-10-2-4-11(5-3-10)21-7-6-18;/h2-5,8,15H,6-7,18H2,1H3,(H,19,20);1H. The van der Waals surface area contributed by atoms with E-state index in [2.05, 4.69) is 10.1 Å². The minimum atomic E-state index is -2.98. The Labute approximate surface area is 148 Å². The van der Waals surface area contributed by atoms with Gasteiger partial charge in [-0.15, -0.1) is 23.7 Å². The SMILES string of the molecule is Cc1cc(OC(F)F)c(C(=O)Nc2ccc(OCCN)cc2)s1.Cl. The van der Waals surface area contributed by atoms with Crippen LogP contribution in [-0.2, 0) is 0 Å². The largest absolute Gasteiger partial charge is 0.492 e. The van der Waals surface area contributed by atoms with Crippen molar-refractivity contribution in [3.05, 3.63) is 40.1 Å². The van der Waals surface area contributed by atoms with E-state index in [0.717, 1.165) is 11.3 Å². The van der Waals surface area contributed by atoms with Crippen LogP contribution in [0.2, 0.25) is 0 Å². The van der Waals surface area contributed by atoms with Gasteiger partial charge in [-0.2, -0.15) is 8.78 Å². The van der Waals surface area contributed by atoms with Gasteiger partial charge in [0.05, 0.1) is 0 Å². The Kier molecular flexibility index (Phi) is 7.90. The molecule has 0 saturated heterocycles. The molecule has 1 aromatic heterocycles. The molecule has 1 aromatic carbocycles. The number of hydrogen-bond donors (Lipinski definition) is 2. The molecular weight excluding hydrogens is 362 g/mol. The van der Waals surface area contributed by atoms with Crippen LogP contribution in [0.5, 0.6) is 11.5 Å². The zero-order chi connectivity index (χ0) is 16.8. The summed E-state index contributed by atoms with van der Waals surface area (Å²) in [6.45, 7) is -0.462. The van der Waals surface area contributed by atoms with E-state index in [-0.39, 0.29) is 23.0 Å². The quantitative estimate of drug-likeness (QED) is 0.771. The molecule has 1 heterocycles. The Bertz CT molecular complexity index is 665. The summed E-state index contributed by atoms with van der Waals surface area (Å²) in [6.07, 6.45) is 0. The highest BCUT2D eigenvalue weighted by Crippen LogP contribution is 2.31. The number of thiophene rings is 1. The Morgan fingerprint density at radius 3 is 2.58 bits per heavy atom. The zero-order valence-electron chi connectivity index (χ0n) is 12.8. The molecule has 0 atom stereocenters. The lowest BCUT2D eigenvalue weighted by atomic mass is 10.3. The number of nitrogens with one attached hydrogen (secondary N) is 1. The molecule has 0 radical (unpaired) electrons. The lowest BCUT2D eigenvalue weighted by Gasteiger charge is -2.08. The smallest absolute Gasteiger partial charge is 0.387 e.